The van der Waals surface area contributed by atoms with Gasteiger partial charge in [0.1, 0.15) is 0 Å². The summed E-state index contributed by atoms with van der Waals surface area (Å²) in [5.74, 6) is -0.755. The van der Waals surface area contributed by atoms with E-state index in [4.69, 9.17) is 17.0 Å². The average molecular weight is 716 g/mol. The second-order valence-electron chi connectivity index (χ2n) is 14.1. The Bertz CT molecular complexity index is 1800. The molecule has 6 rings (SSSR count). The van der Waals surface area contributed by atoms with Gasteiger partial charge in [0.05, 0.1) is 0 Å². The van der Waals surface area contributed by atoms with Crippen molar-refractivity contribution in [3.63, 3.8) is 0 Å². The van der Waals surface area contributed by atoms with Crippen LogP contribution in [-0.4, -0.2) is 5.92 Å². The molecule has 2 aliphatic rings. The van der Waals surface area contributed by atoms with E-state index in [9.17, 15) is 0 Å². The van der Waals surface area contributed by atoms with Crippen molar-refractivity contribution in [2.24, 2.45) is 5.92 Å². The Balaban J connectivity index is 1.58. The van der Waals surface area contributed by atoms with Gasteiger partial charge in [-0.1, -0.05) is 0 Å². The van der Waals surface area contributed by atoms with Gasteiger partial charge in [0, 0.05) is 0 Å². The van der Waals surface area contributed by atoms with Crippen molar-refractivity contribution >= 4 is 35.1 Å². The van der Waals surface area contributed by atoms with Gasteiger partial charge in [-0.2, -0.15) is 0 Å². The van der Waals surface area contributed by atoms with Crippen LogP contribution in [0.5, 0.6) is 0 Å². The minimum atomic E-state index is -4.80. The van der Waals surface area contributed by atoms with Crippen LogP contribution in [0.25, 0.3) is 34.4 Å². The van der Waals surface area contributed by atoms with E-state index >= 15 is 0 Å². The maximum atomic E-state index is 8.61. The van der Waals surface area contributed by atoms with Gasteiger partial charge >= 0.3 is 276 Å². The molecular formula is C40H45Cl2SiZr. The van der Waals surface area contributed by atoms with Crippen LogP contribution in [0.1, 0.15) is 81.2 Å². The third-order valence-corrected chi connectivity index (χ3v) is 62.5. The first-order valence-corrected chi connectivity index (χ1v) is 32.5. The van der Waals surface area contributed by atoms with Crippen LogP contribution in [0, 0.1) is 12.8 Å². The molecule has 2 aliphatic carbocycles. The molecule has 227 valence electrons. The van der Waals surface area contributed by atoms with Gasteiger partial charge < -0.3 is 0 Å². The summed E-state index contributed by atoms with van der Waals surface area (Å²) in [7, 11) is 17.2. The number of rotatable bonds is 7. The molecule has 2 unspecified atom stereocenters. The first-order valence-electron chi connectivity index (χ1n) is 16.2. The van der Waals surface area contributed by atoms with Crippen molar-refractivity contribution in [1.82, 2.24) is 0 Å². The molecule has 0 spiro atoms. The Labute approximate surface area is 274 Å². The zero-order valence-corrected chi connectivity index (χ0v) is 32.5. The Morgan fingerprint density at radius 3 is 1.89 bits per heavy atom. The van der Waals surface area contributed by atoms with Gasteiger partial charge in [-0.15, -0.1) is 0 Å². The van der Waals surface area contributed by atoms with E-state index < -0.39 is 21.5 Å². The second-order valence-corrected chi connectivity index (χ2v) is 56.6. The number of benzene rings is 4. The van der Waals surface area contributed by atoms with E-state index in [0.717, 1.165) is 0 Å². The second kappa shape index (κ2) is 11.7. The summed E-state index contributed by atoms with van der Waals surface area (Å²) in [6.45, 7) is 18.6. The Morgan fingerprint density at radius 1 is 0.636 bits per heavy atom. The van der Waals surface area contributed by atoms with Gasteiger partial charge in [-0.25, -0.2) is 0 Å². The standard InChI is InChI=1S/C21H23.C17H15.C2H7Si.2ClH.Zr/c1-14(2)16-8-10-17(11-9-16)20-7-5-6-18-12-19(15(3)4)13-21(18)20;1-12-10-16-13(2)8-9-15(17(16)11-12)14-6-4-3-5-7-14;1-3-2;;;/h5-15H,1-4H3;3-11H,1-2H3;3H,1-2H3;2*1H;/q;;;;;+2/p-2. The van der Waals surface area contributed by atoms with Crippen molar-refractivity contribution < 1.29 is 15.6 Å². The molecule has 2 atom stereocenters. The average Bonchev–Trinajstić information content (AvgIpc) is 3.58. The quantitative estimate of drug-likeness (QED) is 0.167. The SMILES string of the molecule is CC1=Cc2c(-c3ccccc3)ccc(C)c2[CH]1[Zr]([Cl])([Cl])([CH]1C(C(C)C)=Cc2c(-c3ccc(C(C)C)cc3)cccc21)[SiH](C)C. The molecule has 4 aromatic carbocycles. The summed E-state index contributed by atoms with van der Waals surface area (Å²) in [6.07, 6.45) is 4.90. The summed E-state index contributed by atoms with van der Waals surface area (Å²) in [6, 6.07) is 31.4. The Morgan fingerprint density at radius 2 is 1.27 bits per heavy atom. The van der Waals surface area contributed by atoms with Crippen molar-refractivity contribution in [2.75, 3.05) is 0 Å². The molecule has 4 heteroatoms. The topological polar surface area (TPSA) is 0 Å². The molecule has 44 heavy (non-hydrogen) atoms. The Hall–Kier alpha value is -1.96. The van der Waals surface area contributed by atoms with Crippen LogP contribution in [-0.2, 0) is 15.6 Å². The van der Waals surface area contributed by atoms with Crippen LogP contribution in [0.4, 0.5) is 0 Å². The van der Waals surface area contributed by atoms with Crippen LogP contribution in [0.15, 0.2) is 96.1 Å². The number of fused-ring (bicyclic) bond motifs is 2. The monoisotopic (exact) mass is 713 g/mol. The molecule has 0 aliphatic heterocycles. The fraction of sp³-hybridized carbons (Fsp3) is 0.300. The molecule has 0 amide bonds. The molecule has 0 N–H and O–H groups in total. The van der Waals surface area contributed by atoms with E-state index in [2.05, 4.69) is 152 Å². The van der Waals surface area contributed by atoms with E-state index in [1.165, 1.54) is 66.8 Å². The number of hydrogen-bond acceptors (Lipinski definition) is 0. The van der Waals surface area contributed by atoms with Crippen LogP contribution in [0.3, 0.4) is 0 Å². The van der Waals surface area contributed by atoms with E-state index in [1.807, 2.05) is 0 Å². The van der Waals surface area contributed by atoms with Crippen LogP contribution >= 0.6 is 17.0 Å². The molecule has 4 aromatic rings. The summed E-state index contributed by atoms with van der Waals surface area (Å²) in [4.78, 5) is 0. The fourth-order valence-electron chi connectivity index (χ4n) is 8.08. The van der Waals surface area contributed by atoms with Gasteiger partial charge in [0.15, 0.2) is 0 Å². The minimum absolute atomic E-state index is 0.0930. The predicted molar refractivity (Wildman–Crippen MR) is 195 cm³/mol. The number of hydrogen-bond donors (Lipinski definition) is 0. The van der Waals surface area contributed by atoms with E-state index in [0.29, 0.717) is 11.8 Å². The molecule has 0 aromatic heterocycles. The normalized spacial score (nSPS) is 18.7. The van der Waals surface area contributed by atoms with Crippen LogP contribution in [0.2, 0.25) is 13.1 Å². The fourth-order valence-corrected chi connectivity index (χ4v) is 40.3. The zero-order valence-electron chi connectivity index (χ0n) is 27.4. The molecular weight excluding hydrogens is 671 g/mol. The van der Waals surface area contributed by atoms with Gasteiger partial charge in [0.25, 0.3) is 0 Å². The molecule has 0 saturated carbocycles. The van der Waals surface area contributed by atoms with E-state index in [-0.39, 0.29) is 7.25 Å². The maximum absolute atomic E-state index is 8.61. The zero-order chi connectivity index (χ0) is 31.6. The molecule has 0 heterocycles. The van der Waals surface area contributed by atoms with Crippen molar-refractivity contribution in [3.8, 4) is 22.3 Å². The summed E-state index contributed by atoms with van der Waals surface area (Å²) in [5, 5.41) is 0. The predicted octanol–water partition coefficient (Wildman–Crippen LogP) is 12.7. The molecule has 0 fully saturated rings. The summed E-state index contributed by atoms with van der Waals surface area (Å²) < 4.78 is 0.188. The first kappa shape index (κ1) is 32.0. The third-order valence-electron chi connectivity index (χ3n) is 10.6. The molecule has 0 nitrogen and oxygen atoms in total. The van der Waals surface area contributed by atoms with Crippen molar-refractivity contribution in [2.45, 2.75) is 67.8 Å². The third kappa shape index (κ3) is 4.95. The van der Waals surface area contributed by atoms with Gasteiger partial charge in [-0.05, 0) is 0 Å². The molecule has 0 saturated heterocycles. The molecule has 0 bridgehead atoms. The van der Waals surface area contributed by atoms with Gasteiger partial charge in [0.2, 0.25) is 0 Å². The van der Waals surface area contributed by atoms with Gasteiger partial charge in [-0.3, -0.25) is 0 Å². The van der Waals surface area contributed by atoms with Crippen LogP contribution < -0.4 is 0 Å². The van der Waals surface area contributed by atoms with Crippen molar-refractivity contribution in [1.29, 1.82) is 0 Å². The number of aryl methyl sites for hydroxylation is 1. The van der Waals surface area contributed by atoms with Crippen molar-refractivity contribution in [3.05, 3.63) is 129 Å². The molecule has 0 radical (unpaired) electrons. The number of allylic oxidation sites excluding steroid dienone is 2. The Kier molecular flexibility index (Phi) is 8.50. The first-order chi connectivity index (χ1) is 20.8. The van der Waals surface area contributed by atoms with E-state index in [1.54, 1.807) is 0 Å². The number of halogens is 2. The summed E-state index contributed by atoms with van der Waals surface area (Å²) in [5.41, 5.74) is 15.9. The summed E-state index contributed by atoms with van der Waals surface area (Å²) >= 11 is -4.80.